The van der Waals surface area contributed by atoms with Crippen LogP contribution in [0.5, 0.6) is 11.5 Å². The second kappa shape index (κ2) is 4.88. The van der Waals surface area contributed by atoms with E-state index in [9.17, 15) is 5.11 Å². The third-order valence-electron chi connectivity index (χ3n) is 2.56. The van der Waals surface area contributed by atoms with Crippen LogP contribution in [-0.4, -0.2) is 11.7 Å². The average Bonchev–Trinajstić information content (AvgIpc) is 2.29. The molecule has 0 fully saturated rings. The Morgan fingerprint density at radius 2 is 1.88 bits per heavy atom. The predicted octanol–water partition coefficient (Wildman–Crippen LogP) is 3.72. The number of benzene rings is 2. The maximum atomic E-state index is 9.39. The van der Waals surface area contributed by atoms with E-state index in [-0.39, 0.29) is 0 Å². The van der Waals surface area contributed by atoms with Crippen molar-refractivity contribution in [3.05, 3.63) is 36.4 Å². The molecular formula is C14H16O2. The van der Waals surface area contributed by atoms with Gasteiger partial charge in [0, 0.05) is 0 Å². The molecule has 2 nitrogen and oxygen atoms in total. The first-order valence-electron chi connectivity index (χ1n) is 5.65. The molecule has 0 aliphatic rings. The van der Waals surface area contributed by atoms with E-state index in [1.54, 1.807) is 12.1 Å². The number of rotatable bonds is 4. The molecule has 16 heavy (non-hydrogen) atoms. The Kier molecular flexibility index (Phi) is 3.30. The summed E-state index contributed by atoms with van der Waals surface area (Å²) in [6, 6.07) is 11.3. The second-order valence-corrected chi connectivity index (χ2v) is 3.90. The van der Waals surface area contributed by atoms with E-state index < -0.39 is 0 Å². The van der Waals surface area contributed by atoms with Crippen LogP contribution in [0.25, 0.3) is 10.8 Å². The smallest absolute Gasteiger partial charge is 0.119 e. The standard InChI is InChI=1S/C14H16O2/c1-2-3-8-16-14-7-5-11-4-6-13(15)9-12(11)10-14/h4-7,9-10,15H,2-3,8H2,1H3. The molecule has 0 amide bonds. The van der Waals surface area contributed by atoms with Crippen molar-refractivity contribution in [3.63, 3.8) is 0 Å². The van der Waals surface area contributed by atoms with Gasteiger partial charge < -0.3 is 9.84 Å². The van der Waals surface area contributed by atoms with Crippen LogP contribution in [0.15, 0.2) is 36.4 Å². The first kappa shape index (κ1) is 10.8. The Hall–Kier alpha value is -1.70. The molecule has 2 aromatic rings. The lowest BCUT2D eigenvalue weighted by Crippen LogP contribution is -1.95. The van der Waals surface area contributed by atoms with E-state index in [1.165, 1.54) is 0 Å². The lowest BCUT2D eigenvalue weighted by molar-refractivity contribution is 0.310. The molecule has 0 saturated heterocycles. The molecule has 2 heteroatoms. The van der Waals surface area contributed by atoms with Gasteiger partial charge in [0.25, 0.3) is 0 Å². The summed E-state index contributed by atoms with van der Waals surface area (Å²) in [5.74, 6) is 1.16. The maximum absolute atomic E-state index is 9.39. The molecule has 0 aromatic heterocycles. The van der Waals surface area contributed by atoms with E-state index in [2.05, 4.69) is 6.92 Å². The van der Waals surface area contributed by atoms with E-state index in [1.807, 2.05) is 24.3 Å². The van der Waals surface area contributed by atoms with E-state index >= 15 is 0 Å². The molecule has 0 atom stereocenters. The van der Waals surface area contributed by atoms with E-state index in [4.69, 9.17) is 4.74 Å². The van der Waals surface area contributed by atoms with Crippen molar-refractivity contribution in [2.75, 3.05) is 6.61 Å². The van der Waals surface area contributed by atoms with Crippen LogP contribution in [0, 0.1) is 0 Å². The fraction of sp³-hybridized carbons (Fsp3) is 0.286. The Morgan fingerprint density at radius 1 is 1.06 bits per heavy atom. The normalized spacial score (nSPS) is 10.6. The predicted molar refractivity (Wildman–Crippen MR) is 66.0 cm³/mol. The monoisotopic (exact) mass is 216 g/mol. The minimum absolute atomic E-state index is 0.290. The molecule has 0 unspecified atom stereocenters. The minimum Gasteiger partial charge on any atom is -0.508 e. The first-order chi connectivity index (χ1) is 7.79. The number of aromatic hydroxyl groups is 1. The summed E-state index contributed by atoms with van der Waals surface area (Å²) in [6.07, 6.45) is 2.20. The number of phenolic OH excluding ortho intramolecular Hbond substituents is 1. The number of phenols is 1. The highest BCUT2D eigenvalue weighted by Crippen LogP contribution is 2.24. The largest absolute Gasteiger partial charge is 0.508 e. The third kappa shape index (κ3) is 2.45. The lowest BCUT2D eigenvalue weighted by Gasteiger charge is -2.06. The van der Waals surface area contributed by atoms with Gasteiger partial charge in [0.2, 0.25) is 0 Å². The quantitative estimate of drug-likeness (QED) is 0.789. The van der Waals surface area contributed by atoms with Crippen molar-refractivity contribution >= 4 is 10.8 Å². The molecule has 2 aromatic carbocycles. The van der Waals surface area contributed by atoms with Crippen LogP contribution in [0.2, 0.25) is 0 Å². The van der Waals surface area contributed by atoms with Crippen LogP contribution in [0.3, 0.4) is 0 Å². The zero-order chi connectivity index (χ0) is 11.4. The zero-order valence-electron chi connectivity index (χ0n) is 9.44. The van der Waals surface area contributed by atoms with Gasteiger partial charge in [-0.25, -0.2) is 0 Å². The fourth-order valence-electron chi connectivity index (χ4n) is 1.64. The van der Waals surface area contributed by atoms with Gasteiger partial charge in [-0.2, -0.15) is 0 Å². The Bertz CT molecular complexity index is 477. The van der Waals surface area contributed by atoms with Gasteiger partial charge in [0.05, 0.1) is 6.61 Å². The highest BCUT2D eigenvalue weighted by molar-refractivity contribution is 5.85. The molecule has 0 bridgehead atoms. The van der Waals surface area contributed by atoms with Crippen molar-refractivity contribution in [3.8, 4) is 11.5 Å². The fourth-order valence-corrected chi connectivity index (χ4v) is 1.64. The van der Waals surface area contributed by atoms with Gasteiger partial charge in [-0.15, -0.1) is 0 Å². The number of fused-ring (bicyclic) bond motifs is 1. The molecule has 84 valence electrons. The number of unbranched alkanes of at least 4 members (excludes halogenated alkanes) is 1. The van der Waals surface area contributed by atoms with Crippen molar-refractivity contribution in [2.45, 2.75) is 19.8 Å². The lowest BCUT2D eigenvalue weighted by atomic mass is 10.1. The molecule has 0 radical (unpaired) electrons. The molecule has 0 heterocycles. The van der Waals surface area contributed by atoms with Crippen LogP contribution >= 0.6 is 0 Å². The minimum atomic E-state index is 0.290. The number of hydrogen-bond donors (Lipinski definition) is 1. The van der Waals surface area contributed by atoms with Gasteiger partial charge in [0.1, 0.15) is 11.5 Å². The highest BCUT2D eigenvalue weighted by atomic mass is 16.5. The first-order valence-corrected chi connectivity index (χ1v) is 5.65. The van der Waals surface area contributed by atoms with Crippen molar-refractivity contribution in [2.24, 2.45) is 0 Å². The molecule has 0 spiro atoms. The highest BCUT2D eigenvalue weighted by Gasteiger charge is 1.98. The van der Waals surface area contributed by atoms with E-state index in [0.29, 0.717) is 5.75 Å². The summed E-state index contributed by atoms with van der Waals surface area (Å²) in [4.78, 5) is 0. The van der Waals surface area contributed by atoms with Crippen molar-refractivity contribution in [1.29, 1.82) is 0 Å². The van der Waals surface area contributed by atoms with Gasteiger partial charge in [-0.3, -0.25) is 0 Å². The van der Waals surface area contributed by atoms with Crippen molar-refractivity contribution < 1.29 is 9.84 Å². The topological polar surface area (TPSA) is 29.5 Å². The Morgan fingerprint density at radius 3 is 2.69 bits per heavy atom. The number of ether oxygens (including phenoxy) is 1. The number of hydrogen-bond acceptors (Lipinski definition) is 2. The Balaban J connectivity index is 2.21. The molecular weight excluding hydrogens is 200 g/mol. The molecule has 2 rings (SSSR count). The van der Waals surface area contributed by atoms with Gasteiger partial charge in [-0.1, -0.05) is 25.5 Å². The molecule has 0 aliphatic carbocycles. The van der Waals surface area contributed by atoms with Crippen molar-refractivity contribution in [1.82, 2.24) is 0 Å². The molecule has 0 aliphatic heterocycles. The summed E-state index contributed by atoms with van der Waals surface area (Å²) < 4.78 is 5.61. The SMILES string of the molecule is CCCCOc1ccc2ccc(O)cc2c1. The van der Waals surface area contributed by atoms with Crippen LogP contribution in [0.4, 0.5) is 0 Å². The van der Waals surface area contributed by atoms with Crippen LogP contribution in [0.1, 0.15) is 19.8 Å². The summed E-state index contributed by atoms with van der Waals surface area (Å²) >= 11 is 0. The van der Waals surface area contributed by atoms with Crippen LogP contribution in [-0.2, 0) is 0 Å². The molecule has 1 N–H and O–H groups in total. The third-order valence-corrected chi connectivity index (χ3v) is 2.56. The van der Waals surface area contributed by atoms with Crippen LogP contribution < -0.4 is 4.74 Å². The summed E-state index contributed by atoms with van der Waals surface area (Å²) in [7, 11) is 0. The Labute approximate surface area is 95.5 Å². The summed E-state index contributed by atoms with van der Waals surface area (Å²) in [5.41, 5.74) is 0. The average molecular weight is 216 g/mol. The van der Waals surface area contributed by atoms with Gasteiger partial charge in [0.15, 0.2) is 0 Å². The van der Waals surface area contributed by atoms with E-state index in [0.717, 1.165) is 36.0 Å². The summed E-state index contributed by atoms with van der Waals surface area (Å²) in [5, 5.41) is 11.5. The molecule has 0 saturated carbocycles. The second-order valence-electron chi connectivity index (χ2n) is 3.90. The zero-order valence-corrected chi connectivity index (χ0v) is 9.44. The maximum Gasteiger partial charge on any atom is 0.119 e. The summed E-state index contributed by atoms with van der Waals surface area (Å²) in [6.45, 7) is 2.89. The van der Waals surface area contributed by atoms with Gasteiger partial charge >= 0.3 is 0 Å². The van der Waals surface area contributed by atoms with Gasteiger partial charge in [-0.05, 0) is 41.5 Å².